The van der Waals surface area contributed by atoms with Gasteiger partial charge >= 0.3 is 0 Å². The average molecular weight is 297 g/mol. The normalized spacial score (nSPS) is 15.8. The molecule has 0 spiro atoms. The van der Waals surface area contributed by atoms with E-state index in [9.17, 15) is 4.39 Å². The zero-order valence-corrected chi connectivity index (χ0v) is 11.1. The van der Waals surface area contributed by atoms with Crippen LogP contribution in [0, 0.1) is 23.1 Å². The van der Waals surface area contributed by atoms with Gasteiger partial charge in [-0.2, -0.15) is 5.26 Å². The molecule has 0 amide bonds. The molecule has 0 aromatic heterocycles. The summed E-state index contributed by atoms with van der Waals surface area (Å²) in [5.41, 5.74) is 0.802. The summed E-state index contributed by atoms with van der Waals surface area (Å²) in [6.07, 6.45) is 5.02. The molecule has 90 valence electrons. The van der Waals surface area contributed by atoms with Crippen LogP contribution < -0.4 is 5.32 Å². The van der Waals surface area contributed by atoms with Crippen LogP contribution in [0.4, 0.5) is 10.1 Å². The SMILES string of the molecule is N#Cc1ccc(NCC2CCCC2)c(F)c1Br. The molecule has 2 nitrogen and oxygen atoms in total. The van der Waals surface area contributed by atoms with Crippen LogP contribution in [0.15, 0.2) is 16.6 Å². The molecule has 0 aliphatic heterocycles. The molecule has 0 bridgehead atoms. The quantitative estimate of drug-likeness (QED) is 0.913. The lowest BCUT2D eigenvalue weighted by Crippen LogP contribution is -2.12. The van der Waals surface area contributed by atoms with E-state index in [0.717, 1.165) is 6.54 Å². The smallest absolute Gasteiger partial charge is 0.161 e. The number of nitriles is 1. The molecule has 0 unspecified atom stereocenters. The van der Waals surface area contributed by atoms with Crippen molar-refractivity contribution >= 4 is 21.6 Å². The highest BCUT2D eigenvalue weighted by molar-refractivity contribution is 9.10. The van der Waals surface area contributed by atoms with Crippen molar-refractivity contribution in [3.05, 3.63) is 28.0 Å². The molecule has 1 aromatic rings. The van der Waals surface area contributed by atoms with Crippen molar-refractivity contribution in [2.75, 3.05) is 11.9 Å². The Bertz CT molecular complexity index is 447. The number of benzene rings is 1. The summed E-state index contributed by atoms with van der Waals surface area (Å²) in [7, 11) is 0. The fraction of sp³-hybridized carbons (Fsp3) is 0.462. The second-order valence-corrected chi connectivity index (χ2v) is 5.22. The Hall–Kier alpha value is -1.08. The van der Waals surface area contributed by atoms with Crippen molar-refractivity contribution in [2.24, 2.45) is 5.92 Å². The molecule has 0 heterocycles. The van der Waals surface area contributed by atoms with Crippen molar-refractivity contribution in [1.82, 2.24) is 0 Å². The van der Waals surface area contributed by atoms with Gasteiger partial charge in [0.05, 0.1) is 15.7 Å². The van der Waals surface area contributed by atoms with Crippen LogP contribution in [0.1, 0.15) is 31.2 Å². The van der Waals surface area contributed by atoms with Crippen molar-refractivity contribution in [1.29, 1.82) is 5.26 Å². The number of halogens is 2. The minimum Gasteiger partial charge on any atom is -0.382 e. The summed E-state index contributed by atoms with van der Waals surface area (Å²) < 4.78 is 14.1. The Balaban J connectivity index is 2.06. The molecule has 0 saturated heterocycles. The van der Waals surface area contributed by atoms with E-state index in [0.29, 0.717) is 17.2 Å². The Labute approximate surface area is 109 Å². The molecule has 1 N–H and O–H groups in total. The molecule has 1 aliphatic carbocycles. The Morgan fingerprint density at radius 2 is 2.12 bits per heavy atom. The van der Waals surface area contributed by atoms with Crippen LogP contribution in [0.2, 0.25) is 0 Å². The molecular weight excluding hydrogens is 283 g/mol. The van der Waals surface area contributed by atoms with Crippen molar-refractivity contribution in [2.45, 2.75) is 25.7 Å². The summed E-state index contributed by atoms with van der Waals surface area (Å²) in [6.45, 7) is 0.815. The van der Waals surface area contributed by atoms with Crippen LogP contribution in [0.5, 0.6) is 0 Å². The van der Waals surface area contributed by atoms with Gasteiger partial charge in [0, 0.05) is 6.54 Å². The zero-order valence-electron chi connectivity index (χ0n) is 9.47. The molecule has 4 heteroatoms. The van der Waals surface area contributed by atoms with E-state index >= 15 is 0 Å². The molecule has 17 heavy (non-hydrogen) atoms. The molecule has 1 aliphatic rings. The standard InChI is InChI=1S/C13H14BrFN2/c14-12-10(7-16)5-6-11(13(12)15)17-8-9-3-1-2-4-9/h5-6,9,17H,1-4,8H2. The maximum atomic E-state index is 13.9. The number of anilines is 1. The second-order valence-electron chi connectivity index (χ2n) is 4.43. The van der Waals surface area contributed by atoms with Crippen LogP contribution in [0.3, 0.4) is 0 Å². The number of nitrogens with zero attached hydrogens (tertiary/aromatic N) is 1. The molecule has 1 aromatic carbocycles. The fourth-order valence-electron chi connectivity index (χ4n) is 2.24. The topological polar surface area (TPSA) is 35.8 Å². The van der Waals surface area contributed by atoms with E-state index in [1.165, 1.54) is 25.7 Å². The highest BCUT2D eigenvalue weighted by atomic mass is 79.9. The largest absolute Gasteiger partial charge is 0.382 e. The van der Waals surface area contributed by atoms with Gasteiger partial charge < -0.3 is 5.32 Å². The van der Waals surface area contributed by atoms with Gasteiger partial charge in [-0.25, -0.2) is 4.39 Å². The first kappa shape index (κ1) is 12.4. The highest BCUT2D eigenvalue weighted by Crippen LogP contribution is 2.29. The van der Waals surface area contributed by atoms with Crippen molar-refractivity contribution < 1.29 is 4.39 Å². The predicted octanol–water partition coefficient (Wildman–Crippen LogP) is 4.06. The fourth-order valence-corrected chi connectivity index (χ4v) is 2.68. The van der Waals surface area contributed by atoms with Crippen LogP contribution in [-0.2, 0) is 0 Å². The van der Waals surface area contributed by atoms with Gasteiger partial charge in [-0.3, -0.25) is 0 Å². The lowest BCUT2D eigenvalue weighted by atomic mass is 10.1. The summed E-state index contributed by atoms with van der Waals surface area (Å²) >= 11 is 3.11. The minimum absolute atomic E-state index is 0.247. The van der Waals surface area contributed by atoms with Gasteiger partial charge in [-0.15, -0.1) is 0 Å². The second kappa shape index (κ2) is 5.50. The van der Waals surface area contributed by atoms with Gasteiger partial charge in [0.1, 0.15) is 6.07 Å². The molecule has 1 saturated carbocycles. The summed E-state index contributed by atoms with van der Waals surface area (Å²) in [5.74, 6) is 0.283. The van der Waals surface area contributed by atoms with Crippen molar-refractivity contribution in [3.63, 3.8) is 0 Å². The van der Waals surface area contributed by atoms with Crippen molar-refractivity contribution in [3.8, 4) is 6.07 Å². The van der Waals surface area contributed by atoms with E-state index in [1.54, 1.807) is 12.1 Å². The monoisotopic (exact) mass is 296 g/mol. The molecular formula is C13H14BrFN2. The molecule has 0 radical (unpaired) electrons. The van der Waals surface area contributed by atoms with E-state index < -0.39 is 0 Å². The van der Waals surface area contributed by atoms with Gasteiger partial charge in [-0.05, 0) is 46.8 Å². The third-order valence-electron chi connectivity index (χ3n) is 3.26. The number of hydrogen-bond acceptors (Lipinski definition) is 2. The van der Waals surface area contributed by atoms with E-state index in [2.05, 4.69) is 21.2 Å². The highest BCUT2D eigenvalue weighted by Gasteiger charge is 2.16. The summed E-state index contributed by atoms with van der Waals surface area (Å²) in [5, 5.41) is 11.9. The molecule has 0 atom stereocenters. The zero-order chi connectivity index (χ0) is 12.3. The van der Waals surface area contributed by atoms with Crippen LogP contribution >= 0.6 is 15.9 Å². The maximum Gasteiger partial charge on any atom is 0.161 e. The first-order chi connectivity index (χ1) is 8.22. The first-order valence-corrected chi connectivity index (χ1v) is 6.63. The van der Waals surface area contributed by atoms with Crippen LogP contribution in [-0.4, -0.2) is 6.54 Å². The lowest BCUT2D eigenvalue weighted by molar-refractivity contribution is 0.573. The Morgan fingerprint density at radius 1 is 1.41 bits per heavy atom. The minimum atomic E-state index is -0.373. The third kappa shape index (κ3) is 2.78. The number of nitrogens with one attached hydrogen (secondary N) is 1. The Kier molecular flexibility index (Phi) is 4.01. The van der Waals surface area contributed by atoms with E-state index in [4.69, 9.17) is 5.26 Å². The van der Waals surface area contributed by atoms with Gasteiger partial charge in [-0.1, -0.05) is 12.8 Å². The van der Waals surface area contributed by atoms with Crippen LogP contribution in [0.25, 0.3) is 0 Å². The summed E-state index contributed by atoms with van der Waals surface area (Å²) in [6, 6.07) is 5.21. The van der Waals surface area contributed by atoms with Gasteiger partial charge in [0.15, 0.2) is 5.82 Å². The van der Waals surface area contributed by atoms with E-state index in [-0.39, 0.29) is 10.3 Å². The first-order valence-electron chi connectivity index (χ1n) is 5.84. The van der Waals surface area contributed by atoms with E-state index in [1.807, 2.05) is 6.07 Å². The number of rotatable bonds is 3. The maximum absolute atomic E-state index is 13.9. The molecule has 2 rings (SSSR count). The number of hydrogen-bond donors (Lipinski definition) is 1. The van der Waals surface area contributed by atoms with Gasteiger partial charge in [0.2, 0.25) is 0 Å². The Morgan fingerprint density at radius 3 is 2.76 bits per heavy atom. The third-order valence-corrected chi connectivity index (χ3v) is 4.03. The molecule has 1 fully saturated rings. The lowest BCUT2D eigenvalue weighted by Gasteiger charge is -2.13. The average Bonchev–Trinajstić information content (AvgIpc) is 2.84. The summed E-state index contributed by atoms with van der Waals surface area (Å²) in [4.78, 5) is 0. The predicted molar refractivity (Wildman–Crippen MR) is 69.3 cm³/mol. The van der Waals surface area contributed by atoms with Gasteiger partial charge in [0.25, 0.3) is 0 Å².